The van der Waals surface area contributed by atoms with E-state index in [2.05, 4.69) is 32.8 Å². The number of aromatic amines is 2. The van der Waals surface area contributed by atoms with E-state index < -0.39 is 0 Å². The van der Waals surface area contributed by atoms with Crippen molar-refractivity contribution in [3.05, 3.63) is 57.4 Å². The number of benzene rings is 1. The number of aryl methyl sites for hydroxylation is 1. The number of H-pyrrole nitrogens is 2. The number of hydrogen-bond acceptors (Lipinski definition) is 4. The van der Waals surface area contributed by atoms with Crippen LogP contribution in [0.1, 0.15) is 36.0 Å². The highest BCUT2D eigenvalue weighted by molar-refractivity contribution is 5.84. The van der Waals surface area contributed by atoms with E-state index in [9.17, 15) is 4.79 Å². The number of aromatic nitrogens is 3. The summed E-state index contributed by atoms with van der Waals surface area (Å²) in [6.45, 7) is 4.44. The number of methoxy groups -OCH3 is 1. The summed E-state index contributed by atoms with van der Waals surface area (Å²) >= 11 is 0. The maximum atomic E-state index is 12.5. The second-order valence-corrected chi connectivity index (χ2v) is 6.87. The van der Waals surface area contributed by atoms with Crippen molar-refractivity contribution in [1.29, 1.82) is 0 Å². The number of nitrogens with zero attached hydrogens (tertiary/aromatic N) is 2. The molecular weight excluding hydrogens is 328 g/mol. The smallest absolute Gasteiger partial charge is 0.255 e. The molecule has 3 aromatic rings. The third-order valence-corrected chi connectivity index (χ3v) is 5.05. The summed E-state index contributed by atoms with van der Waals surface area (Å²) in [5.74, 6) is 1.67. The maximum Gasteiger partial charge on any atom is 0.255 e. The highest BCUT2D eigenvalue weighted by Crippen LogP contribution is 2.26. The first-order valence-electron chi connectivity index (χ1n) is 9.15. The normalized spacial score (nSPS) is 14.5. The molecule has 4 rings (SSSR count). The Kier molecular flexibility index (Phi) is 4.51. The third kappa shape index (κ3) is 3.12. The average molecular weight is 352 g/mol. The van der Waals surface area contributed by atoms with Crippen molar-refractivity contribution in [2.45, 2.75) is 39.3 Å². The molecule has 2 aromatic heterocycles. The molecule has 0 saturated heterocycles. The van der Waals surface area contributed by atoms with Crippen LogP contribution in [0.2, 0.25) is 0 Å². The summed E-state index contributed by atoms with van der Waals surface area (Å²) in [5.41, 5.74) is 4.11. The van der Waals surface area contributed by atoms with Gasteiger partial charge in [0.1, 0.15) is 11.6 Å². The lowest BCUT2D eigenvalue weighted by Crippen LogP contribution is -2.35. The van der Waals surface area contributed by atoms with Gasteiger partial charge in [-0.2, -0.15) is 0 Å². The Morgan fingerprint density at radius 2 is 2.23 bits per heavy atom. The molecule has 136 valence electrons. The molecule has 26 heavy (non-hydrogen) atoms. The van der Waals surface area contributed by atoms with Gasteiger partial charge in [-0.1, -0.05) is 6.92 Å². The molecule has 1 aliphatic heterocycles. The fourth-order valence-electron chi connectivity index (χ4n) is 3.68. The highest BCUT2D eigenvalue weighted by atomic mass is 16.5. The number of ether oxygens (including phenoxy) is 1. The van der Waals surface area contributed by atoms with Gasteiger partial charge in [0.15, 0.2) is 0 Å². The second-order valence-electron chi connectivity index (χ2n) is 6.87. The van der Waals surface area contributed by atoms with Crippen LogP contribution in [-0.2, 0) is 25.9 Å². The van der Waals surface area contributed by atoms with Gasteiger partial charge in [0.05, 0.1) is 18.4 Å². The average Bonchev–Trinajstić information content (AvgIpc) is 3.04. The van der Waals surface area contributed by atoms with Gasteiger partial charge >= 0.3 is 0 Å². The van der Waals surface area contributed by atoms with Gasteiger partial charge < -0.3 is 14.7 Å². The topological polar surface area (TPSA) is 74.0 Å². The summed E-state index contributed by atoms with van der Waals surface area (Å²) in [4.78, 5) is 25.7. The van der Waals surface area contributed by atoms with Gasteiger partial charge in [-0.25, -0.2) is 4.98 Å². The van der Waals surface area contributed by atoms with E-state index in [1.165, 1.54) is 10.9 Å². The SMILES string of the molecule is CCCc1nc2c(c(=O)[nH]1)CN(Cc1c[nH]c3ccc(OC)cc13)CC2. The van der Waals surface area contributed by atoms with E-state index in [1.807, 2.05) is 18.3 Å². The first-order valence-corrected chi connectivity index (χ1v) is 9.15. The Morgan fingerprint density at radius 3 is 3.04 bits per heavy atom. The van der Waals surface area contributed by atoms with E-state index in [0.29, 0.717) is 6.54 Å². The zero-order valence-corrected chi connectivity index (χ0v) is 15.3. The molecule has 0 saturated carbocycles. The van der Waals surface area contributed by atoms with E-state index in [4.69, 9.17) is 4.74 Å². The van der Waals surface area contributed by atoms with Crippen LogP contribution in [0.15, 0.2) is 29.2 Å². The Bertz CT molecular complexity index is 989. The van der Waals surface area contributed by atoms with Crippen molar-refractivity contribution in [2.75, 3.05) is 13.7 Å². The predicted molar refractivity (Wildman–Crippen MR) is 102 cm³/mol. The quantitative estimate of drug-likeness (QED) is 0.740. The fraction of sp³-hybridized carbons (Fsp3) is 0.400. The lowest BCUT2D eigenvalue weighted by atomic mass is 10.1. The number of rotatable bonds is 5. The van der Waals surface area contributed by atoms with E-state index >= 15 is 0 Å². The zero-order chi connectivity index (χ0) is 18.1. The van der Waals surface area contributed by atoms with Gasteiger partial charge in [-0.05, 0) is 30.2 Å². The van der Waals surface area contributed by atoms with E-state index in [1.54, 1.807) is 7.11 Å². The van der Waals surface area contributed by atoms with Gasteiger partial charge in [-0.15, -0.1) is 0 Å². The molecule has 6 nitrogen and oxygen atoms in total. The zero-order valence-electron chi connectivity index (χ0n) is 15.3. The van der Waals surface area contributed by atoms with Crippen LogP contribution in [0.3, 0.4) is 0 Å². The number of hydrogen-bond donors (Lipinski definition) is 2. The Hall–Kier alpha value is -2.60. The second kappa shape index (κ2) is 6.96. The van der Waals surface area contributed by atoms with Crippen molar-refractivity contribution in [2.24, 2.45) is 0 Å². The molecule has 0 radical (unpaired) electrons. The molecule has 0 amide bonds. The molecular formula is C20H24N4O2. The molecule has 0 bridgehead atoms. The molecule has 6 heteroatoms. The standard InChI is InChI=1S/C20H24N4O2/c1-3-4-19-22-18-7-8-24(12-16(18)20(25)23-19)11-13-10-21-17-6-5-14(26-2)9-15(13)17/h5-6,9-10,21H,3-4,7-8,11-12H2,1-2H3,(H,22,23,25). The minimum Gasteiger partial charge on any atom is -0.497 e. The monoisotopic (exact) mass is 352 g/mol. The maximum absolute atomic E-state index is 12.5. The summed E-state index contributed by atoms with van der Waals surface area (Å²) < 4.78 is 5.35. The van der Waals surface area contributed by atoms with E-state index in [0.717, 1.165) is 60.7 Å². The largest absolute Gasteiger partial charge is 0.497 e. The lowest BCUT2D eigenvalue weighted by molar-refractivity contribution is 0.242. The minimum absolute atomic E-state index is 0.0174. The summed E-state index contributed by atoms with van der Waals surface area (Å²) in [7, 11) is 1.68. The molecule has 0 unspecified atom stereocenters. The van der Waals surface area contributed by atoms with Crippen LogP contribution < -0.4 is 10.3 Å². The molecule has 0 spiro atoms. The van der Waals surface area contributed by atoms with Crippen LogP contribution >= 0.6 is 0 Å². The minimum atomic E-state index is 0.0174. The highest BCUT2D eigenvalue weighted by Gasteiger charge is 2.22. The first-order chi connectivity index (χ1) is 12.7. The molecule has 0 atom stereocenters. The lowest BCUT2D eigenvalue weighted by Gasteiger charge is -2.27. The Labute approximate surface area is 152 Å². The summed E-state index contributed by atoms with van der Waals surface area (Å²) in [5, 5.41) is 1.17. The molecule has 1 aliphatic rings. The predicted octanol–water partition coefficient (Wildman–Crippen LogP) is 2.77. The summed E-state index contributed by atoms with van der Waals surface area (Å²) in [6, 6.07) is 6.05. The van der Waals surface area contributed by atoms with Gasteiger partial charge in [0.25, 0.3) is 5.56 Å². The van der Waals surface area contributed by atoms with Crippen LogP contribution in [0.4, 0.5) is 0 Å². The van der Waals surface area contributed by atoms with Crippen molar-refractivity contribution < 1.29 is 4.74 Å². The molecule has 0 aliphatic carbocycles. The van der Waals surface area contributed by atoms with Gasteiger partial charge in [-0.3, -0.25) is 9.69 Å². The van der Waals surface area contributed by atoms with Gasteiger partial charge in [0, 0.05) is 49.6 Å². The van der Waals surface area contributed by atoms with E-state index in [-0.39, 0.29) is 5.56 Å². The number of nitrogens with one attached hydrogen (secondary N) is 2. The molecule has 2 N–H and O–H groups in total. The van der Waals surface area contributed by atoms with Crippen molar-refractivity contribution in [3.8, 4) is 5.75 Å². The van der Waals surface area contributed by atoms with Crippen molar-refractivity contribution >= 4 is 10.9 Å². The van der Waals surface area contributed by atoms with Crippen LogP contribution in [0, 0.1) is 0 Å². The number of fused-ring (bicyclic) bond motifs is 2. The van der Waals surface area contributed by atoms with Crippen LogP contribution in [0.5, 0.6) is 5.75 Å². The van der Waals surface area contributed by atoms with Crippen LogP contribution in [-0.4, -0.2) is 33.5 Å². The molecule has 3 heterocycles. The molecule has 0 fully saturated rings. The first kappa shape index (κ1) is 16.8. The van der Waals surface area contributed by atoms with Crippen molar-refractivity contribution in [1.82, 2.24) is 19.9 Å². The van der Waals surface area contributed by atoms with Crippen molar-refractivity contribution in [3.63, 3.8) is 0 Å². The molecule has 1 aromatic carbocycles. The Balaban J connectivity index is 1.57. The van der Waals surface area contributed by atoms with Gasteiger partial charge in [0.2, 0.25) is 0 Å². The Morgan fingerprint density at radius 1 is 1.35 bits per heavy atom. The fourth-order valence-corrected chi connectivity index (χ4v) is 3.68. The summed E-state index contributed by atoms with van der Waals surface area (Å²) in [6.07, 6.45) is 4.68. The third-order valence-electron chi connectivity index (χ3n) is 5.05. The van der Waals surface area contributed by atoms with Crippen LogP contribution in [0.25, 0.3) is 10.9 Å².